The molecule has 0 aromatic carbocycles. The lowest BCUT2D eigenvalue weighted by Gasteiger charge is -2.16. The Hall–Kier alpha value is -4.40. The molecular weight excluding hydrogens is 1380 g/mol. The fourth-order valence-corrected chi connectivity index (χ4v) is 7.80. The number of nitrogens with zero attached hydrogens (tertiary/aromatic N) is 2. The topological polar surface area (TPSA) is 388 Å². The summed E-state index contributed by atoms with van der Waals surface area (Å²) in [6.45, 7) is 26.1. The van der Waals surface area contributed by atoms with Gasteiger partial charge in [-0.05, 0) is 12.8 Å². The van der Waals surface area contributed by atoms with Gasteiger partial charge in [-0.2, -0.15) is 0 Å². The van der Waals surface area contributed by atoms with Gasteiger partial charge in [0.15, 0.2) is 23.0 Å². The van der Waals surface area contributed by atoms with Crippen LogP contribution in [0.4, 0.5) is 11.6 Å². The first-order valence-electron chi connectivity index (χ1n) is 36.5. The average molecular weight is 1510 g/mol. The Morgan fingerprint density at radius 2 is 0.394 bits per heavy atom. The maximum absolute atomic E-state index is 13.5. The van der Waals surface area contributed by atoms with Crippen molar-refractivity contribution in [3.05, 3.63) is 11.4 Å². The molecule has 1 aromatic heterocycles. The monoisotopic (exact) mass is 1510 g/mol. The number of methoxy groups -OCH3 is 2. The summed E-state index contributed by atoms with van der Waals surface area (Å²) < 4.78 is 131. The highest BCUT2D eigenvalue weighted by Gasteiger charge is 2.23. The van der Waals surface area contributed by atoms with E-state index in [4.69, 9.17) is 114 Å². The molecule has 0 aliphatic carbocycles. The van der Waals surface area contributed by atoms with Crippen molar-refractivity contribution in [2.75, 3.05) is 368 Å². The van der Waals surface area contributed by atoms with Crippen molar-refractivity contribution >= 4 is 35.3 Å². The summed E-state index contributed by atoms with van der Waals surface area (Å²) in [4.78, 5) is 60.9. The van der Waals surface area contributed by atoms with Crippen LogP contribution in [0.25, 0.3) is 0 Å². The Bertz CT molecular complexity index is 1910. The molecule has 0 atom stereocenters. The zero-order valence-electron chi connectivity index (χ0n) is 62.9. The van der Waals surface area contributed by atoms with Gasteiger partial charge in [0.25, 0.3) is 11.8 Å². The summed E-state index contributed by atoms with van der Waals surface area (Å²) in [5.41, 5.74) is -0.0348. The molecule has 0 aliphatic rings. The van der Waals surface area contributed by atoms with Crippen LogP contribution in [-0.4, -0.2) is 391 Å². The van der Waals surface area contributed by atoms with Crippen molar-refractivity contribution in [3.8, 4) is 0 Å². The highest BCUT2D eigenvalue weighted by molar-refractivity contribution is 6.01. The number of carbonyl (C=O) groups is 4. The SMILES string of the molecule is CCCNc1nc(C(=O)NCCNC(=O)CCOCCOCCOCCOCCOCCOCCOCCOCCOCCOCCOCCOC)c(NCCC)nc1C(=O)NCCNC(=O)CCOCCOCCOCCOCCOCCOCCOCCOCCOCCOCCOCCOC. The number of amides is 4. The zero-order chi connectivity index (χ0) is 74.8. The second-order valence-corrected chi connectivity index (χ2v) is 21.6. The van der Waals surface area contributed by atoms with Gasteiger partial charge in [0, 0.05) is 66.3 Å². The van der Waals surface area contributed by atoms with E-state index in [1.54, 1.807) is 14.2 Å². The van der Waals surface area contributed by atoms with E-state index in [-0.39, 0.29) is 87.1 Å². The summed E-state index contributed by atoms with van der Waals surface area (Å²) >= 11 is 0. The molecule has 104 heavy (non-hydrogen) atoms. The van der Waals surface area contributed by atoms with E-state index >= 15 is 0 Å². The van der Waals surface area contributed by atoms with Crippen molar-refractivity contribution in [1.82, 2.24) is 31.2 Å². The summed E-state index contributed by atoms with van der Waals surface area (Å²) in [6, 6.07) is 0. The fourth-order valence-electron chi connectivity index (χ4n) is 7.80. The Morgan fingerprint density at radius 1 is 0.231 bits per heavy atom. The minimum absolute atomic E-state index is 0.0174. The van der Waals surface area contributed by atoms with Crippen molar-refractivity contribution in [3.63, 3.8) is 0 Å². The number of hydrogen-bond acceptors (Lipinski definition) is 32. The third-order valence-corrected chi connectivity index (χ3v) is 13.1. The fraction of sp³-hybridized carbons (Fsp3) is 0.882. The highest BCUT2D eigenvalue weighted by Crippen LogP contribution is 2.19. The number of carbonyl (C=O) groups excluding carboxylic acids is 4. The van der Waals surface area contributed by atoms with E-state index in [1.807, 2.05) is 13.8 Å². The van der Waals surface area contributed by atoms with Crippen LogP contribution in [0.5, 0.6) is 0 Å². The van der Waals surface area contributed by atoms with Gasteiger partial charge in [-0.15, -0.1) is 0 Å². The Balaban J connectivity index is 2.02. The van der Waals surface area contributed by atoms with Crippen molar-refractivity contribution in [1.29, 1.82) is 0 Å². The van der Waals surface area contributed by atoms with Gasteiger partial charge < -0.3 is 146 Å². The Morgan fingerprint density at radius 3 is 0.567 bits per heavy atom. The second kappa shape index (κ2) is 81.1. The molecular formula is C68H130N8O28. The summed E-state index contributed by atoms with van der Waals surface area (Å²) in [6.07, 6.45) is 1.66. The lowest BCUT2D eigenvalue weighted by atomic mass is 10.3. The standard InChI is InChI=1S/C68H130N8O28/c1-5-9-71-65-63(67(79)73-13-11-69-61(77)7-15-83-21-23-87-29-31-91-37-39-95-45-47-99-53-55-103-59-57-101-51-49-97-43-41-93-35-33-89-27-25-85-19-17-81-3)76-66(72-10-6-2)64(75-65)68(80)74-14-12-70-62(78)8-16-84-22-24-88-30-32-92-38-40-96-46-48-100-54-56-104-60-58-102-52-50-98-44-42-94-36-34-90-28-26-86-20-18-82-4/h5-60H2,1-4H3,(H,69,77)(H,70,78)(H,71,75)(H,72,76)(H,73,79)(H,74,80). The number of nitrogens with one attached hydrogen (secondary N) is 6. The number of ether oxygens (including phenoxy) is 24. The maximum atomic E-state index is 13.5. The maximum Gasteiger partial charge on any atom is 0.273 e. The van der Waals surface area contributed by atoms with Crippen LogP contribution in [0.1, 0.15) is 60.5 Å². The van der Waals surface area contributed by atoms with Crippen LogP contribution in [0.2, 0.25) is 0 Å². The molecule has 0 saturated carbocycles. The minimum Gasteiger partial charge on any atom is -0.382 e. The lowest BCUT2D eigenvalue weighted by molar-refractivity contribution is -0.123. The van der Waals surface area contributed by atoms with E-state index in [1.165, 1.54) is 0 Å². The van der Waals surface area contributed by atoms with Crippen molar-refractivity contribution in [2.45, 2.75) is 39.5 Å². The Labute approximate surface area is 616 Å². The molecule has 610 valence electrons. The molecule has 0 spiro atoms. The van der Waals surface area contributed by atoms with E-state index < -0.39 is 11.8 Å². The summed E-state index contributed by atoms with van der Waals surface area (Å²) in [5.74, 6) is -1.33. The summed E-state index contributed by atoms with van der Waals surface area (Å²) in [7, 11) is 3.27. The van der Waals surface area contributed by atoms with Crippen LogP contribution >= 0.6 is 0 Å². The zero-order valence-corrected chi connectivity index (χ0v) is 62.9. The first-order chi connectivity index (χ1) is 51.4. The van der Waals surface area contributed by atoms with E-state index in [0.717, 1.165) is 0 Å². The summed E-state index contributed by atoms with van der Waals surface area (Å²) in [5, 5.41) is 17.3. The normalized spacial score (nSPS) is 11.4. The predicted molar refractivity (Wildman–Crippen MR) is 381 cm³/mol. The van der Waals surface area contributed by atoms with Gasteiger partial charge >= 0.3 is 0 Å². The largest absolute Gasteiger partial charge is 0.382 e. The molecule has 4 amide bonds. The van der Waals surface area contributed by atoms with E-state index in [0.29, 0.717) is 317 Å². The first kappa shape index (κ1) is 97.6. The molecule has 1 heterocycles. The molecule has 1 rings (SSSR count). The molecule has 6 N–H and O–H groups in total. The second-order valence-electron chi connectivity index (χ2n) is 21.6. The smallest absolute Gasteiger partial charge is 0.273 e. The number of rotatable bonds is 86. The van der Waals surface area contributed by atoms with Gasteiger partial charge in [0.2, 0.25) is 11.8 Å². The molecule has 0 unspecified atom stereocenters. The Kier molecular flexibility index (Phi) is 76.1. The average Bonchev–Trinajstić information content (AvgIpc) is 0.807. The number of aromatic nitrogens is 2. The van der Waals surface area contributed by atoms with Crippen molar-refractivity contribution in [2.24, 2.45) is 0 Å². The highest BCUT2D eigenvalue weighted by atomic mass is 16.6. The third-order valence-electron chi connectivity index (χ3n) is 13.1. The van der Waals surface area contributed by atoms with Crippen LogP contribution in [-0.2, 0) is 123 Å². The van der Waals surface area contributed by atoms with E-state index in [9.17, 15) is 19.2 Å². The van der Waals surface area contributed by atoms with Crippen molar-refractivity contribution < 1.29 is 133 Å². The molecule has 0 saturated heterocycles. The molecule has 36 heteroatoms. The molecule has 0 radical (unpaired) electrons. The van der Waals surface area contributed by atoms with Gasteiger partial charge in [-0.3, -0.25) is 19.2 Å². The van der Waals surface area contributed by atoms with Crippen LogP contribution < -0.4 is 31.9 Å². The van der Waals surface area contributed by atoms with E-state index in [2.05, 4.69) is 41.9 Å². The van der Waals surface area contributed by atoms with Crippen LogP contribution in [0.15, 0.2) is 0 Å². The molecule has 0 bridgehead atoms. The molecule has 0 aliphatic heterocycles. The van der Waals surface area contributed by atoms with Crippen LogP contribution in [0.3, 0.4) is 0 Å². The number of hydrogen-bond donors (Lipinski definition) is 6. The molecule has 1 aromatic rings. The van der Waals surface area contributed by atoms with Crippen LogP contribution in [0, 0.1) is 0 Å². The minimum atomic E-state index is -0.544. The number of anilines is 2. The molecule has 36 nitrogen and oxygen atoms in total. The van der Waals surface area contributed by atoms with Gasteiger partial charge in [-0.25, -0.2) is 9.97 Å². The van der Waals surface area contributed by atoms with Gasteiger partial charge in [-0.1, -0.05) is 13.8 Å². The third kappa shape index (κ3) is 68.2. The lowest BCUT2D eigenvalue weighted by Crippen LogP contribution is -2.37. The molecule has 0 fully saturated rings. The predicted octanol–water partition coefficient (Wildman–Crippen LogP) is 0.251. The first-order valence-corrected chi connectivity index (χ1v) is 36.5. The quantitative estimate of drug-likeness (QED) is 0.0476. The van der Waals surface area contributed by atoms with Gasteiger partial charge in [0.1, 0.15) is 0 Å². The van der Waals surface area contributed by atoms with Gasteiger partial charge in [0.05, 0.1) is 304 Å².